The minimum atomic E-state index is 0.0425. The number of thiophene rings is 4. The first-order valence-electron chi connectivity index (χ1n) is 17.7. The van der Waals surface area contributed by atoms with Gasteiger partial charge in [0, 0.05) is 54.6 Å². The number of hydrogen-bond acceptors (Lipinski definition) is 10. The molecule has 2 aliphatic heterocycles. The maximum Gasteiger partial charge on any atom is 0.266 e. The van der Waals surface area contributed by atoms with Crippen molar-refractivity contribution in [2.24, 2.45) is 0 Å². The molecule has 4 fully saturated rings. The van der Waals surface area contributed by atoms with E-state index in [9.17, 15) is 9.59 Å². The highest BCUT2D eigenvalue weighted by Gasteiger charge is 2.52. The van der Waals surface area contributed by atoms with Crippen molar-refractivity contribution in [1.29, 1.82) is 0 Å². The van der Waals surface area contributed by atoms with E-state index in [0.29, 0.717) is 21.7 Å². The summed E-state index contributed by atoms with van der Waals surface area (Å²) in [6, 6.07) is 4.86. The molecule has 4 nitrogen and oxygen atoms in total. The molecule has 0 N–H and O–H groups in total. The number of carbonyl (C=O) groups excluding carboxylic acids is 2. The van der Waals surface area contributed by atoms with Gasteiger partial charge in [-0.2, -0.15) is 0 Å². The smallest absolute Gasteiger partial charge is 0.266 e. The van der Waals surface area contributed by atoms with Crippen molar-refractivity contribution in [3.05, 3.63) is 54.0 Å². The van der Waals surface area contributed by atoms with E-state index in [1.165, 1.54) is 128 Å². The van der Waals surface area contributed by atoms with E-state index in [1.807, 2.05) is 36.5 Å². The molecule has 4 aliphatic carbocycles. The van der Waals surface area contributed by atoms with E-state index in [2.05, 4.69) is 47.0 Å². The molecule has 2 saturated heterocycles. The van der Waals surface area contributed by atoms with E-state index < -0.39 is 0 Å². The maximum absolute atomic E-state index is 13.1. The first-order chi connectivity index (χ1) is 24.3. The Morgan fingerprint density at radius 2 is 1.02 bits per heavy atom. The topological polar surface area (TPSA) is 40.6 Å². The molecule has 0 atom stereocenters. The number of thioether (sulfide) groups is 2. The molecule has 4 aromatic heterocycles. The van der Waals surface area contributed by atoms with Gasteiger partial charge >= 0.3 is 0 Å². The summed E-state index contributed by atoms with van der Waals surface area (Å²) in [7, 11) is 0. The normalized spacial score (nSPS) is 23.5. The monoisotopic (exact) mass is 806 g/mol. The van der Waals surface area contributed by atoms with Crippen molar-refractivity contribution in [3.63, 3.8) is 0 Å². The fraction of sp³-hybridized carbons (Fsp3) is 0.421. The van der Waals surface area contributed by atoms with Crippen LogP contribution in [0.2, 0.25) is 0 Å². The first kappa shape index (κ1) is 33.0. The van der Waals surface area contributed by atoms with Crippen LogP contribution >= 0.6 is 93.3 Å². The van der Waals surface area contributed by atoms with E-state index in [4.69, 9.17) is 24.4 Å². The second kappa shape index (κ2) is 11.9. The molecule has 0 radical (unpaired) electrons. The van der Waals surface area contributed by atoms with Gasteiger partial charge < -0.3 is 0 Å². The highest BCUT2D eigenvalue weighted by Crippen LogP contribution is 2.69. The second-order valence-electron chi connectivity index (χ2n) is 14.2. The Hall–Kier alpha value is -1.64. The lowest BCUT2D eigenvalue weighted by Gasteiger charge is -2.35. The van der Waals surface area contributed by atoms with Crippen molar-refractivity contribution in [3.8, 4) is 19.5 Å². The third kappa shape index (κ3) is 4.45. The summed E-state index contributed by atoms with van der Waals surface area (Å²) in [6.45, 7) is 5.21. The highest BCUT2D eigenvalue weighted by atomic mass is 32.2. The van der Waals surface area contributed by atoms with Crippen molar-refractivity contribution >= 4 is 135 Å². The second-order valence-corrected chi connectivity index (χ2v) is 21.8. The lowest BCUT2D eigenvalue weighted by molar-refractivity contribution is -0.122. The summed E-state index contributed by atoms with van der Waals surface area (Å²) in [5.41, 5.74) is 6.37. The summed E-state index contributed by atoms with van der Waals surface area (Å²) in [6.07, 6.45) is 16.7. The largest absolute Gasteiger partial charge is 0.293 e. The molecule has 6 heterocycles. The van der Waals surface area contributed by atoms with Crippen molar-refractivity contribution in [2.75, 3.05) is 13.1 Å². The molecule has 0 aromatic carbocycles. The summed E-state index contributed by atoms with van der Waals surface area (Å²) in [5.74, 6) is 0.0850. The molecular weight excluding hydrogens is 773 g/mol. The van der Waals surface area contributed by atoms with Gasteiger partial charge in [-0.1, -0.05) is 86.5 Å². The molecule has 256 valence electrons. The van der Waals surface area contributed by atoms with Gasteiger partial charge in [0.15, 0.2) is 0 Å². The highest BCUT2D eigenvalue weighted by molar-refractivity contribution is 8.27. The Morgan fingerprint density at radius 3 is 1.38 bits per heavy atom. The molecule has 50 heavy (non-hydrogen) atoms. The van der Waals surface area contributed by atoms with Crippen LogP contribution in [0.15, 0.2) is 21.9 Å². The minimum Gasteiger partial charge on any atom is -0.293 e. The van der Waals surface area contributed by atoms with Crippen LogP contribution in [0.25, 0.3) is 41.1 Å². The van der Waals surface area contributed by atoms with E-state index in [1.54, 1.807) is 30.3 Å². The predicted octanol–water partition coefficient (Wildman–Crippen LogP) is 12.0. The van der Waals surface area contributed by atoms with E-state index in [-0.39, 0.29) is 22.6 Å². The standard InChI is InChI=1S/C38H34N2O2S8/c1-3-39-33(41)23(47-35(39)43)17-19-15-21-27(45-19)29-25(37(21)11-7-5-8-12-37)31-32(49-29)26-30(50-31)28-22(38(26)13-9-6-10-14-38)16-20(46-28)18-24-34(42)40(4-2)36(44)48-24/h15-18H,3-14H2,1-2H3/b23-17+,24-18+. The third-order valence-electron chi connectivity index (χ3n) is 11.8. The van der Waals surface area contributed by atoms with Crippen LogP contribution in [0, 0.1) is 0 Å². The lowest BCUT2D eigenvalue weighted by atomic mass is 9.67. The Morgan fingerprint density at radius 1 is 0.620 bits per heavy atom. The molecule has 4 aromatic rings. The summed E-state index contributed by atoms with van der Waals surface area (Å²) in [5, 5.41) is 0. The number of likely N-dealkylation sites (N-methyl/N-ethyl adjacent to an activating group) is 2. The van der Waals surface area contributed by atoms with Crippen molar-refractivity contribution in [2.45, 2.75) is 88.9 Å². The molecule has 2 amide bonds. The van der Waals surface area contributed by atoms with E-state index >= 15 is 0 Å². The van der Waals surface area contributed by atoms with E-state index in [0.717, 1.165) is 9.81 Å². The van der Waals surface area contributed by atoms with Crippen LogP contribution < -0.4 is 0 Å². The fourth-order valence-electron chi connectivity index (χ4n) is 9.56. The first-order valence-corrected chi connectivity index (χ1v) is 23.4. The lowest BCUT2D eigenvalue weighted by Crippen LogP contribution is -2.28. The predicted molar refractivity (Wildman–Crippen MR) is 225 cm³/mol. The van der Waals surface area contributed by atoms with Gasteiger partial charge in [-0.05, 0) is 74.9 Å². The van der Waals surface area contributed by atoms with Crippen LogP contribution in [-0.4, -0.2) is 43.3 Å². The summed E-state index contributed by atoms with van der Waals surface area (Å²) >= 11 is 21.8. The number of amides is 2. The van der Waals surface area contributed by atoms with Gasteiger partial charge in [-0.15, -0.1) is 45.3 Å². The fourth-order valence-corrected chi connectivity index (χ4v) is 18.4. The zero-order valence-corrected chi connectivity index (χ0v) is 34.3. The average Bonchev–Trinajstić information content (AvgIpc) is 3.97. The van der Waals surface area contributed by atoms with Gasteiger partial charge in [-0.25, -0.2) is 0 Å². The quantitative estimate of drug-likeness (QED) is 0.151. The van der Waals surface area contributed by atoms with Gasteiger partial charge in [-0.3, -0.25) is 19.4 Å². The number of rotatable bonds is 4. The van der Waals surface area contributed by atoms with Crippen molar-refractivity contribution < 1.29 is 9.59 Å². The molecule has 10 rings (SSSR count). The maximum atomic E-state index is 13.1. The van der Waals surface area contributed by atoms with Gasteiger partial charge in [0.2, 0.25) is 0 Å². The molecule has 6 aliphatic rings. The Balaban J connectivity index is 1.12. The summed E-state index contributed by atoms with van der Waals surface area (Å²) in [4.78, 5) is 39.4. The molecule has 2 saturated carbocycles. The number of fused-ring (bicyclic) bond motifs is 13. The van der Waals surface area contributed by atoms with Gasteiger partial charge in [0.05, 0.1) is 29.0 Å². The van der Waals surface area contributed by atoms with Gasteiger partial charge in [0.1, 0.15) is 8.64 Å². The Bertz CT molecular complexity index is 2110. The zero-order valence-electron chi connectivity index (χ0n) is 27.8. The average molecular weight is 807 g/mol. The number of thiocarbonyl (C=S) groups is 2. The molecule has 0 unspecified atom stereocenters. The molecule has 12 heteroatoms. The SMILES string of the molecule is CCN1C(=O)/C(=C\c2cc3c(s2)-c2sc4c5c(sc4c2C32CCCCC2)-c2sc(/C=C3/SC(=S)N(CC)C3=O)cc2C52CCCCC2)SC1=S. The zero-order chi connectivity index (χ0) is 34.1. The molecule has 0 bridgehead atoms. The molecular formula is C38H34N2O2S8. The number of hydrogen-bond donors (Lipinski definition) is 0. The minimum absolute atomic E-state index is 0.0425. The van der Waals surface area contributed by atoms with Crippen LogP contribution in [0.3, 0.4) is 0 Å². The summed E-state index contributed by atoms with van der Waals surface area (Å²) < 4.78 is 4.41. The van der Waals surface area contributed by atoms with Crippen LogP contribution in [0.5, 0.6) is 0 Å². The van der Waals surface area contributed by atoms with Crippen LogP contribution in [0.4, 0.5) is 0 Å². The van der Waals surface area contributed by atoms with Gasteiger partial charge in [0.25, 0.3) is 11.8 Å². The Labute approximate surface area is 327 Å². The molecule has 2 spiro atoms. The Kier molecular flexibility index (Phi) is 7.87. The number of carbonyl (C=O) groups is 2. The van der Waals surface area contributed by atoms with Crippen molar-refractivity contribution in [1.82, 2.24) is 9.80 Å². The van der Waals surface area contributed by atoms with Crippen LogP contribution in [-0.2, 0) is 20.4 Å². The van der Waals surface area contributed by atoms with Crippen LogP contribution in [0.1, 0.15) is 110 Å². The number of nitrogens with zero attached hydrogens (tertiary/aromatic N) is 2. The third-order valence-corrected chi connectivity index (χ3v) is 19.6.